The summed E-state index contributed by atoms with van der Waals surface area (Å²) in [7, 11) is 0. The molecule has 1 fully saturated rings. The molecule has 0 aromatic heterocycles. The van der Waals surface area contributed by atoms with Crippen LogP contribution in [0.25, 0.3) is 0 Å². The summed E-state index contributed by atoms with van der Waals surface area (Å²) in [6.07, 6.45) is 1.22. The second-order valence-corrected chi connectivity index (χ2v) is 6.42. The Balaban J connectivity index is 2.05. The van der Waals surface area contributed by atoms with Crippen molar-refractivity contribution in [1.82, 2.24) is 4.90 Å². The number of hydrogen-bond donors (Lipinski definition) is 1. The van der Waals surface area contributed by atoms with E-state index in [0.29, 0.717) is 23.9 Å². The van der Waals surface area contributed by atoms with Gasteiger partial charge in [0.1, 0.15) is 0 Å². The largest absolute Gasteiger partial charge is 0.326 e. The van der Waals surface area contributed by atoms with Crippen molar-refractivity contribution < 1.29 is 0 Å². The number of benzene rings is 1. The first-order valence-electron chi connectivity index (χ1n) is 7.58. The predicted molar refractivity (Wildman–Crippen MR) is 82.3 cm³/mol. The van der Waals surface area contributed by atoms with Crippen LogP contribution in [0.5, 0.6) is 0 Å². The fourth-order valence-electron chi connectivity index (χ4n) is 2.85. The molecule has 0 saturated carbocycles. The third kappa shape index (κ3) is 3.37. The Morgan fingerprint density at radius 3 is 2.21 bits per heavy atom. The zero-order chi connectivity index (χ0) is 14.0. The quantitative estimate of drug-likeness (QED) is 0.900. The normalized spacial score (nSPS) is 26.6. The molecule has 0 aliphatic carbocycles. The minimum absolute atomic E-state index is 0.325. The number of nitrogens with two attached hydrogens (primary N) is 1. The van der Waals surface area contributed by atoms with Crippen LogP contribution in [0.1, 0.15) is 57.2 Å². The lowest BCUT2D eigenvalue weighted by Crippen LogP contribution is -2.48. The Bertz CT molecular complexity index is 396. The van der Waals surface area contributed by atoms with Crippen molar-refractivity contribution in [3.05, 3.63) is 35.4 Å². The monoisotopic (exact) mass is 260 g/mol. The summed E-state index contributed by atoms with van der Waals surface area (Å²) < 4.78 is 0. The van der Waals surface area contributed by atoms with Gasteiger partial charge in [-0.05, 0) is 42.9 Å². The molecule has 2 N–H and O–H groups in total. The van der Waals surface area contributed by atoms with Gasteiger partial charge in [-0.1, -0.05) is 45.0 Å². The Labute approximate surface area is 118 Å². The average molecular weight is 260 g/mol. The average Bonchev–Trinajstić information content (AvgIpc) is 2.41. The third-order valence-electron chi connectivity index (χ3n) is 4.68. The topological polar surface area (TPSA) is 29.3 Å². The molecule has 3 unspecified atom stereocenters. The molecule has 1 aromatic carbocycles. The molecule has 19 heavy (non-hydrogen) atoms. The van der Waals surface area contributed by atoms with Gasteiger partial charge in [0.15, 0.2) is 0 Å². The Kier molecular flexibility index (Phi) is 4.64. The van der Waals surface area contributed by atoms with E-state index in [0.717, 1.165) is 6.54 Å². The second kappa shape index (κ2) is 6.06. The summed E-state index contributed by atoms with van der Waals surface area (Å²) in [5.74, 6) is 1.26. The van der Waals surface area contributed by atoms with Crippen LogP contribution in [-0.4, -0.2) is 24.0 Å². The van der Waals surface area contributed by atoms with Crippen molar-refractivity contribution in [2.24, 2.45) is 11.7 Å². The van der Waals surface area contributed by atoms with E-state index in [2.05, 4.69) is 56.9 Å². The van der Waals surface area contributed by atoms with Gasteiger partial charge < -0.3 is 5.73 Å². The van der Waals surface area contributed by atoms with Crippen LogP contribution in [0.4, 0.5) is 0 Å². The highest BCUT2D eigenvalue weighted by Gasteiger charge is 2.26. The third-order valence-corrected chi connectivity index (χ3v) is 4.68. The summed E-state index contributed by atoms with van der Waals surface area (Å²) in [6.45, 7) is 11.2. The standard InChI is InChI=1S/C17H28N2/c1-12(2)15-5-7-16(8-6-15)14(4)19-10-9-13(3)17(18)11-19/h5-8,12-14,17H,9-11,18H2,1-4H3. The lowest BCUT2D eigenvalue weighted by molar-refractivity contribution is 0.128. The minimum Gasteiger partial charge on any atom is -0.326 e. The number of rotatable bonds is 3. The maximum Gasteiger partial charge on any atom is 0.0320 e. The second-order valence-electron chi connectivity index (χ2n) is 6.42. The first kappa shape index (κ1) is 14.5. The number of hydrogen-bond acceptors (Lipinski definition) is 2. The van der Waals surface area contributed by atoms with E-state index in [9.17, 15) is 0 Å². The van der Waals surface area contributed by atoms with Crippen LogP contribution in [0.2, 0.25) is 0 Å². The van der Waals surface area contributed by atoms with E-state index in [1.165, 1.54) is 24.1 Å². The van der Waals surface area contributed by atoms with E-state index in [-0.39, 0.29) is 0 Å². The minimum atomic E-state index is 0.325. The first-order chi connectivity index (χ1) is 8.99. The van der Waals surface area contributed by atoms with Gasteiger partial charge in [0.25, 0.3) is 0 Å². The molecule has 0 amide bonds. The van der Waals surface area contributed by atoms with Gasteiger partial charge in [-0.25, -0.2) is 0 Å². The van der Waals surface area contributed by atoms with E-state index < -0.39 is 0 Å². The molecular formula is C17H28N2. The smallest absolute Gasteiger partial charge is 0.0320 e. The van der Waals surface area contributed by atoms with E-state index >= 15 is 0 Å². The first-order valence-corrected chi connectivity index (χ1v) is 7.58. The molecule has 0 spiro atoms. The van der Waals surface area contributed by atoms with Crippen molar-refractivity contribution in [1.29, 1.82) is 0 Å². The Morgan fingerprint density at radius 2 is 1.68 bits per heavy atom. The van der Waals surface area contributed by atoms with Crippen molar-refractivity contribution in [2.45, 2.75) is 52.1 Å². The highest BCUT2D eigenvalue weighted by Crippen LogP contribution is 2.27. The van der Waals surface area contributed by atoms with Crippen LogP contribution in [-0.2, 0) is 0 Å². The van der Waals surface area contributed by atoms with Gasteiger partial charge in [0.2, 0.25) is 0 Å². The van der Waals surface area contributed by atoms with Gasteiger partial charge in [0.05, 0.1) is 0 Å². The molecule has 2 heteroatoms. The van der Waals surface area contributed by atoms with Gasteiger partial charge in [0, 0.05) is 18.6 Å². The lowest BCUT2D eigenvalue weighted by atomic mass is 9.92. The summed E-state index contributed by atoms with van der Waals surface area (Å²) in [5.41, 5.74) is 9.03. The van der Waals surface area contributed by atoms with Crippen molar-refractivity contribution in [3.8, 4) is 0 Å². The van der Waals surface area contributed by atoms with Crippen molar-refractivity contribution in [2.75, 3.05) is 13.1 Å². The van der Waals surface area contributed by atoms with E-state index in [1.54, 1.807) is 0 Å². The Morgan fingerprint density at radius 1 is 1.11 bits per heavy atom. The number of likely N-dealkylation sites (tertiary alicyclic amines) is 1. The molecule has 0 radical (unpaired) electrons. The molecule has 1 saturated heterocycles. The van der Waals surface area contributed by atoms with Crippen molar-refractivity contribution in [3.63, 3.8) is 0 Å². The molecule has 106 valence electrons. The zero-order valence-electron chi connectivity index (χ0n) is 12.8. The maximum atomic E-state index is 6.21. The van der Waals surface area contributed by atoms with Crippen LogP contribution in [0, 0.1) is 5.92 Å². The van der Waals surface area contributed by atoms with Crippen LogP contribution in [0.3, 0.4) is 0 Å². The molecule has 1 heterocycles. The molecule has 3 atom stereocenters. The zero-order valence-corrected chi connectivity index (χ0v) is 12.8. The number of nitrogens with zero attached hydrogens (tertiary/aromatic N) is 1. The van der Waals surface area contributed by atoms with Crippen molar-refractivity contribution >= 4 is 0 Å². The molecule has 2 nitrogen and oxygen atoms in total. The van der Waals surface area contributed by atoms with Gasteiger partial charge in [-0.3, -0.25) is 4.90 Å². The molecule has 0 bridgehead atoms. The number of piperidine rings is 1. The highest BCUT2D eigenvalue weighted by molar-refractivity contribution is 5.26. The van der Waals surface area contributed by atoms with Crippen LogP contribution in [0.15, 0.2) is 24.3 Å². The van der Waals surface area contributed by atoms with E-state index in [4.69, 9.17) is 5.73 Å². The van der Waals surface area contributed by atoms with Gasteiger partial charge >= 0.3 is 0 Å². The van der Waals surface area contributed by atoms with E-state index in [1.807, 2.05) is 0 Å². The van der Waals surface area contributed by atoms with Crippen LogP contribution >= 0.6 is 0 Å². The van der Waals surface area contributed by atoms with Gasteiger partial charge in [-0.2, -0.15) is 0 Å². The molecule has 1 aliphatic rings. The molecule has 1 aliphatic heterocycles. The fourth-order valence-corrected chi connectivity index (χ4v) is 2.85. The summed E-state index contributed by atoms with van der Waals surface area (Å²) in [4.78, 5) is 2.52. The molecular weight excluding hydrogens is 232 g/mol. The molecule has 1 aromatic rings. The summed E-state index contributed by atoms with van der Waals surface area (Å²) in [5, 5.41) is 0. The summed E-state index contributed by atoms with van der Waals surface area (Å²) >= 11 is 0. The lowest BCUT2D eigenvalue weighted by Gasteiger charge is -2.38. The predicted octanol–water partition coefficient (Wildman–Crippen LogP) is 3.54. The Hall–Kier alpha value is -0.860. The SMILES string of the molecule is CC(C)c1ccc(C(C)N2CCC(C)C(N)C2)cc1. The molecule has 2 rings (SSSR count). The fraction of sp³-hybridized carbons (Fsp3) is 0.647. The summed E-state index contributed by atoms with van der Waals surface area (Å²) in [6, 6.07) is 9.89. The maximum absolute atomic E-state index is 6.21. The highest BCUT2D eigenvalue weighted by atomic mass is 15.2. The van der Waals surface area contributed by atoms with Crippen LogP contribution < -0.4 is 5.73 Å². The van der Waals surface area contributed by atoms with Gasteiger partial charge in [-0.15, -0.1) is 0 Å².